The Hall–Kier alpha value is -1.65. The van der Waals surface area contributed by atoms with Gasteiger partial charge in [0.25, 0.3) is 5.91 Å². The fraction of sp³-hybridized carbons (Fsp3) is 0.583. The van der Waals surface area contributed by atoms with Gasteiger partial charge in [-0.25, -0.2) is 9.97 Å². The van der Waals surface area contributed by atoms with Gasteiger partial charge in [0.05, 0.1) is 12.4 Å². The van der Waals surface area contributed by atoms with E-state index in [2.05, 4.69) is 9.97 Å². The summed E-state index contributed by atoms with van der Waals surface area (Å²) >= 11 is 0. The third-order valence-electron chi connectivity index (χ3n) is 3.29. The number of amides is 1. The van der Waals surface area contributed by atoms with Crippen molar-refractivity contribution in [1.82, 2.24) is 14.9 Å². The summed E-state index contributed by atoms with van der Waals surface area (Å²) in [6, 6.07) is 0.433. The molecule has 0 unspecified atom stereocenters. The zero-order valence-electron chi connectivity index (χ0n) is 9.67. The van der Waals surface area contributed by atoms with Crippen LogP contribution in [0.3, 0.4) is 0 Å². The molecule has 0 bridgehead atoms. The number of hydrogen-bond acceptors (Lipinski definition) is 4. The third-order valence-corrected chi connectivity index (χ3v) is 3.29. The van der Waals surface area contributed by atoms with Crippen molar-refractivity contribution in [1.29, 1.82) is 0 Å². The minimum absolute atomic E-state index is 0.00639. The van der Waals surface area contributed by atoms with E-state index >= 15 is 0 Å². The fourth-order valence-corrected chi connectivity index (χ4v) is 1.96. The molecule has 1 amide bonds. The van der Waals surface area contributed by atoms with Crippen LogP contribution in [0.5, 0.6) is 0 Å². The predicted molar refractivity (Wildman–Crippen MR) is 63.2 cm³/mol. The minimum Gasteiger partial charge on any atom is -0.382 e. The Labute approximate surface area is 100 Å². The molecule has 2 N–H and O–H groups in total. The van der Waals surface area contributed by atoms with E-state index < -0.39 is 0 Å². The minimum atomic E-state index is 0.00639. The van der Waals surface area contributed by atoms with Crippen LogP contribution in [0.1, 0.15) is 36.2 Å². The van der Waals surface area contributed by atoms with E-state index in [0.717, 1.165) is 19.4 Å². The lowest BCUT2D eigenvalue weighted by molar-refractivity contribution is 0.0728. The lowest BCUT2D eigenvalue weighted by atomic mass is 10.3. The molecule has 90 valence electrons. The summed E-state index contributed by atoms with van der Waals surface area (Å²) in [6.45, 7) is 0.884. The van der Waals surface area contributed by atoms with E-state index in [1.165, 1.54) is 25.2 Å². The Bertz CT molecular complexity index is 423. The highest BCUT2D eigenvalue weighted by Crippen LogP contribution is 2.35. The van der Waals surface area contributed by atoms with Crippen molar-refractivity contribution >= 4 is 11.7 Å². The summed E-state index contributed by atoms with van der Waals surface area (Å²) in [4.78, 5) is 22.2. The van der Waals surface area contributed by atoms with Crippen molar-refractivity contribution in [2.24, 2.45) is 5.92 Å². The first kappa shape index (κ1) is 10.5. The number of nitrogen functional groups attached to an aromatic ring is 1. The number of hydrogen-bond donors (Lipinski definition) is 1. The van der Waals surface area contributed by atoms with Gasteiger partial charge < -0.3 is 10.6 Å². The topological polar surface area (TPSA) is 72.1 Å². The lowest BCUT2D eigenvalue weighted by Gasteiger charge is -2.21. The van der Waals surface area contributed by atoms with E-state index in [1.807, 2.05) is 4.90 Å². The Morgan fingerprint density at radius 1 is 1.29 bits per heavy atom. The first-order valence-corrected chi connectivity index (χ1v) is 6.12. The molecule has 0 aromatic carbocycles. The SMILES string of the molecule is Nc1cnc(C(=O)N(CC2CC2)C2CC2)cn1. The third kappa shape index (κ3) is 2.38. The Morgan fingerprint density at radius 2 is 2.06 bits per heavy atom. The van der Waals surface area contributed by atoms with Gasteiger partial charge in [0, 0.05) is 12.6 Å². The molecule has 0 aliphatic heterocycles. The molecule has 0 saturated heterocycles. The van der Waals surface area contributed by atoms with E-state index in [-0.39, 0.29) is 5.91 Å². The average Bonchev–Trinajstić information content (AvgIpc) is 3.18. The molecule has 0 atom stereocenters. The van der Waals surface area contributed by atoms with Gasteiger partial charge in [-0.2, -0.15) is 0 Å². The van der Waals surface area contributed by atoms with Crippen LogP contribution in [-0.2, 0) is 0 Å². The van der Waals surface area contributed by atoms with Crippen molar-refractivity contribution in [2.45, 2.75) is 31.7 Å². The van der Waals surface area contributed by atoms with Crippen molar-refractivity contribution in [2.75, 3.05) is 12.3 Å². The number of nitrogens with zero attached hydrogens (tertiary/aromatic N) is 3. The van der Waals surface area contributed by atoms with Crippen molar-refractivity contribution in [3.63, 3.8) is 0 Å². The van der Waals surface area contributed by atoms with E-state index in [1.54, 1.807) is 0 Å². The molecular weight excluding hydrogens is 216 g/mol. The molecule has 1 aromatic rings. The van der Waals surface area contributed by atoms with Crippen molar-refractivity contribution in [3.8, 4) is 0 Å². The molecule has 1 aromatic heterocycles. The number of carbonyl (C=O) groups excluding carboxylic acids is 1. The van der Waals surface area contributed by atoms with Crippen LogP contribution in [0.25, 0.3) is 0 Å². The second kappa shape index (κ2) is 3.98. The largest absolute Gasteiger partial charge is 0.382 e. The molecule has 5 nitrogen and oxygen atoms in total. The summed E-state index contributed by atoms with van der Waals surface area (Å²) < 4.78 is 0. The van der Waals surface area contributed by atoms with Crippen LogP contribution >= 0.6 is 0 Å². The molecule has 2 aliphatic carbocycles. The summed E-state index contributed by atoms with van der Waals surface area (Å²) in [5.41, 5.74) is 5.88. The van der Waals surface area contributed by atoms with Crippen molar-refractivity contribution in [3.05, 3.63) is 18.1 Å². The molecule has 3 rings (SSSR count). The number of carbonyl (C=O) groups is 1. The molecule has 17 heavy (non-hydrogen) atoms. The Balaban J connectivity index is 1.75. The van der Waals surface area contributed by atoms with Crippen LogP contribution in [0, 0.1) is 5.92 Å². The van der Waals surface area contributed by atoms with Gasteiger partial charge >= 0.3 is 0 Å². The highest BCUT2D eigenvalue weighted by atomic mass is 16.2. The maximum absolute atomic E-state index is 12.3. The standard InChI is InChI=1S/C12H16N4O/c13-11-6-14-10(5-15-11)12(17)16(9-3-4-9)7-8-1-2-8/h5-6,8-9H,1-4,7H2,(H2,13,15). The van der Waals surface area contributed by atoms with Crippen molar-refractivity contribution < 1.29 is 4.79 Å². The number of rotatable bonds is 4. The van der Waals surface area contributed by atoms with Gasteiger partial charge in [-0.3, -0.25) is 4.79 Å². The zero-order chi connectivity index (χ0) is 11.8. The average molecular weight is 232 g/mol. The number of anilines is 1. The number of nitrogens with two attached hydrogens (primary N) is 1. The molecule has 2 saturated carbocycles. The molecule has 5 heteroatoms. The highest BCUT2D eigenvalue weighted by molar-refractivity contribution is 5.92. The molecule has 0 spiro atoms. The number of aromatic nitrogens is 2. The maximum Gasteiger partial charge on any atom is 0.274 e. The van der Waals surface area contributed by atoms with E-state index in [0.29, 0.717) is 23.5 Å². The molecule has 2 fully saturated rings. The quantitative estimate of drug-likeness (QED) is 0.843. The predicted octanol–water partition coefficient (Wildman–Crippen LogP) is 1.07. The summed E-state index contributed by atoms with van der Waals surface area (Å²) in [5.74, 6) is 1.06. The van der Waals surface area contributed by atoms with Gasteiger partial charge in [0.2, 0.25) is 0 Å². The Kier molecular flexibility index (Phi) is 2.46. The van der Waals surface area contributed by atoms with E-state index in [9.17, 15) is 4.79 Å². The highest BCUT2D eigenvalue weighted by Gasteiger charge is 2.37. The maximum atomic E-state index is 12.3. The summed E-state index contributed by atoms with van der Waals surface area (Å²) in [7, 11) is 0. The van der Waals surface area contributed by atoms with Gasteiger partial charge in [-0.15, -0.1) is 0 Å². The second-order valence-corrected chi connectivity index (χ2v) is 4.96. The van der Waals surface area contributed by atoms with Crippen LogP contribution in [-0.4, -0.2) is 33.4 Å². The van der Waals surface area contributed by atoms with Crippen LogP contribution in [0.4, 0.5) is 5.82 Å². The zero-order valence-corrected chi connectivity index (χ0v) is 9.67. The smallest absolute Gasteiger partial charge is 0.274 e. The lowest BCUT2D eigenvalue weighted by Crippen LogP contribution is -2.35. The molecule has 0 radical (unpaired) electrons. The van der Waals surface area contributed by atoms with Gasteiger partial charge in [-0.1, -0.05) is 0 Å². The van der Waals surface area contributed by atoms with E-state index in [4.69, 9.17) is 5.73 Å². The summed E-state index contributed by atoms with van der Waals surface area (Å²) in [5, 5.41) is 0. The van der Waals surface area contributed by atoms with Gasteiger partial charge in [-0.05, 0) is 31.6 Å². The fourth-order valence-electron chi connectivity index (χ4n) is 1.96. The molecule has 2 aliphatic rings. The summed E-state index contributed by atoms with van der Waals surface area (Å²) in [6.07, 6.45) is 7.67. The monoisotopic (exact) mass is 232 g/mol. The van der Waals surface area contributed by atoms with Gasteiger partial charge in [0.1, 0.15) is 11.5 Å². The van der Waals surface area contributed by atoms with Gasteiger partial charge in [0.15, 0.2) is 0 Å². The van der Waals surface area contributed by atoms with Crippen LogP contribution in [0.2, 0.25) is 0 Å². The second-order valence-electron chi connectivity index (χ2n) is 4.96. The van der Waals surface area contributed by atoms with Crippen LogP contribution in [0.15, 0.2) is 12.4 Å². The molecule has 1 heterocycles. The normalized spacial score (nSPS) is 19.1. The molecular formula is C12H16N4O. The van der Waals surface area contributed by atoms with Crippen LogP contribution < -0.4 is 5.73 Å². The first-order valence-electron chi connectivity index (χ1n) is 6.12. The first-order chi connectivity index (χ1) is 8.24. The Morgan fingerprint density at radius 3 is 2.59 bits per heavy atom.